The molecule has 0 spiro atoms. The number of anilines is 1. The lowest BCUT2D eigenvalue weighted by Crippen LogP contribution is -2.21. The standard InChI is InChI=1S/C21H24ClNO5/c1-12(2)28-20-16(22)9-15(10-18(20)26-5)21(25)27-11-19(24)23-17-7-6-13(3)8-14(17)4/h6-10,12H,11H2,1-5H3,(H,23,24). The van der Waals surface area contributed by atoms with E-state index in [1.54, 1.807) is 0 Å². The molecule has 28 heavy (non-hydrogen) atoms. The summed E-state index contributed by atoms with van der Waals surface area (Å²) in [7, 11) is 1.45. The van der Waals surface area contributed by atoms with Crippen LogP contribution in [0.1, 0.15) is 35.3 Å². The lowest BCUT2D eigenvalue weighted by atomic mass is 10.1. The molecule has 2 aromatic carbocycles. The third kappa shape index (κ3) is 5.63. The highest BCUT2D eigenvalue weighted by Crippen LogP contribution is 2.37. The average Bonchev–Trinajstić information content (AvgIpc) is 2.63. The Morgan fingerprint density at radius 1 is 1.14 bits per heavy atom. The Morgan fingerprint density at radius 3 is 2.46 bits per heavy atom. The van der Waals surface area contributed by atoms with Gasteiger partial charge in [0.15, 0.2) is 18.1 Å². The smallest absolute Gasteiger partial charge is 0.338 e. The summed E-state index contributed by atoms with van der Waals surface area (Å²) < 4.78 is 16.0. The minimum absolute atomic E-state index is 0.113. The van der Waals surface area contributed by atoms with Gasteiger partial charge < -0.3 is 19.5 Å². The van der Waals surface area contributed by atoms with Crippen molar-refractivity contribution in [2.24, 2.45) is 0 Å². The molecule has 0 aliphatic heterocycles. The van der Waals surface area contributed by atoms with Crippen molar-refractivity contribution < 1.29 is 23.8 Å². The molecule has 0 aromatic heterocycles. The molecule has 0 bridgehead atoms. The van der Waals surface area contributed by atoms with E-state index in [0.29, 0.717) is 17.2 Å². The van der Waals surface area contributed by atoms with Crippen molar-refractivity contribution in [2.45, 2.75) is 33.8 Å². The minimum atomic E-state index is -0.688. The van der Waals surface area contributed by atoms with E-state index in [1.165, 1.54) is 19.2 Å². The Hall–Kier alpha value is -2.73. The van der Waals surface area contributed by atoms with Gasteiger partial charge in [-0.3, -0.25) is 4.79 Å². The molecular formula is C21H24ClNO5. The Morgan fingerprint density at radius 2 is 1.86 bits per heavy atom. The van der Waals surface area contributed by atoms with Gasteiger partial charge in [0.2, 0.25) is 0 Å². The molecule has 0 radical (unpaired) electrons. The zero-order valence-corrected chi connectivity index (χ0v) is 17.3. The van der Waals surface area contributed by atoms with Gasteiger partial charge in [-0.1, -0.05) is 29.3 Å². The first-order valence-electron chi connectivity index (χ1n) is 8.79. The van der Waals surface area contributed by atoms with E-state index >= 15 is 0 Å². The van der Waals surface area contributed by atoms with Crippen LogP contribution in [0.2, 0.25) is 5.02 Å². The van der Waals surface area contributed by atoms with Crippen LogP contribution >= 0.6 is 11.6 Å². The maximum absolute atomic E-state index is 12.3. The summed E-state index contributed by atoms with van der Waals surface area (Å²) >= 11 is 6.21. The van der Waals surface area contributed by atoms with Crippen LogP contribution in [0.25, 0.3) is 0 Å². The van der Waals surface area contributed by atoms with Crippen LogP contribution in [0.5, 0.6) is 11.5 Å². The van der Waals surface area contributed by atoms with Gasteiger partial charge in [-0.15, -0.1) is 0 Å². The molecule has 1 amide bonds. The monoisotopic (exact) mass is 405 g/mol. The molecule has 0 aliphatic carbocycles. The van der Waals surface area contributed by atoms with E-state index < -0.39 is 18.5 Å². The van der Waals surface area contributed by atoms with Crippen LogP contribution in [0.4, 0.5) is 5.69 Å². The van der Waals surface area contributed by atoms with E-state index in [9.17, 15) is 9.59 Å². The maximum atomic E-state index is 12.3. The Kier molecular flexibility index (Phi) is 7.29. The number of carbonyl (C=O) groups excluding carboxylic acids is 2. The number of rotatable bonds is 7. The summed E-state index contributed by atoms with van der Waals surface area (Å²) in [5.74, 6) is -0.457. The van der Waals surface area contributed by atoms with Crippen LogP contribution in [0, 0.1) is 13.8 Å². The largest absolute Gasteiger partial charge is 0.493 e. The van der Waals surface area contributed by atoms with E-state index in [0.717, 1.165) is 11.1 Å². The highest BCUT2D eigenvalue weighted by Gasteiger charge is 2.18. The Labute approximate surface area is 169 Å². The predicted molar refractivity (Wildman–Crippen MR) is 109 cm³/mol. The predicted octanol–water partition coefficient (Wildman–Crippen LogP) is 4.55. The number of benzene rings is 2. The Balaban J connectivity index is 2.04. The number of amides is 1. The van der Waals surface area contributed by atoms with Gasteiger partial charge in [0.25, 0.3) is 5.91 Å². The van der Waals surface area contributed by atoms with Crippen LogP contribution < -0.4 is 14.8 Å². The second-order valence-electron chi connectivity index (χ2n) is 6.60. The molecule has 6 nitrogen and oxygen atoms in total. The lowest BCUT2D eigenvalue weighted by Gasteiger charge is -2.16. The zero-order chi connectivity index (χ0) is 20.8. The fraction of sp³-hybridized carbons (Fsp3) is 0.333. The highest BCUT2D eigenvalue weighted by molar-refractivity contribution is 6.32. The van der Waals surface area contributed by atoms with Crippen LogP contribution in [-0.2, 0) is 9.53 Å². The van der Waals surface area contributed by atoms with E-state index in [-0.39, 0.29) is 16.7 Å². The average molecular weight is 406 g/mol. The fourth-order valence-corrected chi connectivity index (χ4v) is 2.80. The zero-order valence-electron chi connectivity index (χ0n) is 16.6. The van der Waals surface area contributed by atoms with Gasteiger partial charge in [0.05, 0.1) is 23.8 Å². The quantitative estimate of drug-likeness (QED) is 0.684. The van der Waals surface area contributed by atoms with Crippen LogP contribution in [0.3, 0.4) is 0 Å². The molecule has 0 heterocycles. The second kappa shape index (κ2) is 9.46. The summed E-state index contributed by atoms with van der Waals surface area (Å²) in [6.45, 7) is 7.15. The third-order valence-electron chi connectivity index (χ3n) is 3.81. The molecule has 150 valence electrons. The molecule has 0 unspecified atom stereocenters. The van der Waals surface area contributed by atoms with Gasteiger partial charge in [0, 0.05) is 5.69 Å². The lowest BCUT2D eigenvalue weighted by molar-refractivity contribution is -0.119. The maximum Gasteiger partial charge on any atom is 0.338 e. The molecule has 7 heteroatoms. The molecule has 2 rings (SSSR count). The Bertz CT molecular complexity index is 879. The van der Waals surface area contributed by atoms with E-state index in [1.807, 2.05) is 45.9 Å². The summed E-state index contributed by atoms with van der Waals surface area (Å²) in [6.07, 6.45) is -0.113. The number of esters is 1. The van der Waals surface area contributed by atoms with Gasteiger partial charge in [0.1, 0.15) is 0 Å². The van der Waals surface area contributed by atoms with Crippen molar-refractivity contribution in [3.05, 3.63) is 52.0 Å². The number of aryl methyl sites for hydroxylation is 2. The number of methoxy groups -OCH3 is 1. The number of hydrogen-bond donors (Lipinski definition) is 1. The first-order chi connectivity index (χ1) is 13.2. The van der Waals surface area contributed by atoms with Crippen LogP contribution in [0.15, 0.2) is 30.3 Å². The number of hydrogen-bond acceptors (Lipinski definition) is 5. The summed E-state index contributed by atoms with van der Waals surface area (Å²) in [5, 5.41) is 2.94. The van der Waals surface area contributed by atoms with Crippen molar-refractivity contribution in [2.75, 3.05) is 19.0 Å². The van der Waals surface area contributed by atoms with Crippen molar-refractivity contribution in [1.82, 2.24) is 0 Å². The summed E-state index contributed by atoms with van der Waals surface area (Å²) in [6, 6.07) is 8.54. The minimum Gasteiger partial charge on any atom is -0.493 e. The summed E-state index contributed by atoms with van der Waals surface area (Å²) in [4.78, 5) is 24.4. The number of nitrogens with one attached hydrogen (secondary N) is 1. The molecular weight excluding hydrogens is 382 g/mol. The molecule has 1 N–H and O–H groups in total. The van der Waals surface area contributed by atoms with Crippen LogP contribution in [-0.4, -0.2) is 31.7 Å². The topological polar surface area (TPSA) is 73.9 Å². The highest BCUT2D eigenvalue weighted by atomic mass is 35.5. The van der Waals surface area contributed by atoms with Crippen molar-refractivity contribution in [3.8, 4) is 11.5 Å². The third-order valence-corrected chi connectivity index (χ3v) is 4.09. The van der Waals surface area contributed by atoms with Gasteiger partial charge in [-0.05, 0) is 51.5 Å². The first-order valence-corrected chi connectivity index (χ1v) is 9.17. The molecule has 2 aromatic rings. The second-order valence-corrected chi connectivity index (χ2v) is 7.01. The summed E-state index contributed by atoms with van der Waals surface area (Å²) in [5.41, 5.74) is 2.86. The van der Waals surface area contributed by atoms with Crippen molar-refractivity contribution in [1.29, 1.82) is 0 Å². The van der Waals surface area contributed by atoms with Crippen molar-refractivity contribution in [3.63, 3.8) is 0 Å². The first kappa shape index (κ1) is 21.6. The SMILES string of the molecule is COc1cc(C(=O)OCC(=O)Nc2ccc(C)cc2C)cc(Cl)c1OC(C)C. The van der Waals surface area contributed by atoms with Gasteiger partial charge >= 0.3 is 5.97 Å². The molecule has 0 saturated carbocycles. The molecule has 0 atom stereocenters. The molecule has 0 saturated heterocycles. The number of carbonyl (C=O) groups is 2. The molecule has 0 fully saturated rings. The van der Waals surface area contributed by atoms with Crippen molar-refractivity contribution >= 4 is 29.2 Å². The number of halogens is 1. The number of ether oxygens (including phenoxy) is 3. The van der Waals surface area contributed by atoms with E-state index in [2.05, 4.69) is 5.32 Å². The van der Waals surface area contributed by atoms with Gasteiger partial charge in [-0.2, -0.15) is 0 Å². The molecule has 0 aliphatic rings. The fourth-order valence-electron chi connectivity index (χ4n) is 2.54. The van der Waals surface area contributed by atoms with E-state index in [4.69, 9.17) is 25.8 Å². The van der Waals surface area contributed by atoms with Gasteiger partial charge in [-0.25, -0.2) is 4.79 Å². The normalized spacial score (nSPS) is 10.5.